The Morgan fingerprint density at radius 1 is 1.57 bits per heavy atom. The normalized spacial score (nSPS) is 10.6. The largest absolute Gasteiger partial charge is 0.375 e. The van der Waals surface area contributed by atoms with E-state index in [0.717, 1.165) is 6.42 Å². The average Bonchev–Trinajstić information content (AvgIpc) is 1.69. The first-order valence-electron chi connectivity index (χ1n) is 2.43. The lowest BCUT2D eigenvalue weighted by Gasteiger charge is -1.83. The van der Waals surface area contributed by atoms with Crippen LogP contribution >= 0.6 is 0 Å². The van der Waals surface area contributed by atoms with Crippen LogP contribution in [0.5, 0.6) is 0 Å². The van der Waals surface area contributed by atoms with Gasteiger partial charge >= 0.3 is 0 Å². The van der Waals surface area contributed by atoms with E-state index in [9.17, 15) is 0 Å². The van der Waals surface area contributed by atoms with Crippen LogP contribution in [0.1, 0.15) is 13.3 Å². The highest BCUT2D eigenvalue weighted by atomic mass is 16.5. The van der Waals surface area contributed by atoms with Gasteiger partial charge in [-0.05, 0) is 6.42 Å². The van der Waals surface area contributed by atoms with Crippen LogP contribution in [0.15, 0.2) is 12.2 Å². The van der Waals surface area contributed by atoms with Crippen molar-refractivity contribution in [1.82, 2.24) is 0 Å². The van der Waals surface area contributed by atoms with Gasteiger partial charge in [-0.15, -0.1) is 0 Å². The Labute approximate surface area is 45.0 Å². The first kappa shape index (κ1) is 6.70. The summed E-state index contributed by atoms with van der Waals surface area (Å²) in [5, 5.41) is 0. The number of ether oxygens (including phenoxy) is 1. The zero-order valence-corrected chi connectivity index (χ0v) is 4.68. The molecule has 0 amide bonds. The van der Waals surface area contributed by atoms with Crippen molar-refractivity contribution >= 4 is 0 Å². The molecule has 0 aromatic carbocycles. The molecule has 0 aliphatic heterocycles. The minimum Gasteiger partial charge on any atom is -0.375 e. The van der Waals surface area contributed by atoms with Crippen molar-refractivity contribution in [2.45, 2.75) is 13.3 Å². The Morgan fingerprint density at radius 2 is 2.29 bits per heavy atom. The molecule has 0 heterocycles. The highest BCUT2D eigenvalue weighted by Crippen LogP contribution is 1.78. The molecule has 0 saturated carbocycles. The van der Waals surface area contributed by atoms with Crippen LogP contribution in [-0.4, -0.2) is 6.61 Å². The zero-order chi connectivity index (χ0) is 5.54. The first-order valence-corrected chi connectivity index (χ1v) is 2.43. The molecular formula is C6H11O. The Morgan fingerprint density at radius 3 is 2.71 bits per heavy atom. The summed E-state index contributed by atoms with van der Waals surface area (Å²) in [5.74, 6) is 0. The number of hydrogen-bond donors (Lipinski definition) is 0. The third kappa shape index (κ3) is 5.70. The molecule has 1 heteroatoms. The summed E-state index contributed by atoms with van der Waals surface area (Å²) in [7, 11) is 3.21. The summed E-state index contributed by atoms with van der Waals surface area (Å²) in [5.41, 5.74) is 0. The molecule has 41 valence electrons. The summed E-state index contributed by atoms with van der Waals surface area (Å²) in [6, 6.07) is 0. The summed E-state index contributed by atoms with van der Waals surface area (Å²) in [6.07, 6.45) is 5.07. The summed E-state index contributed by atoms with van der Waals surface area (Å²) < 4.78 is 4.51. The van der Waals surface area contributed by atoms with E-state index in [-0.39, 0.29) is 0 Å². The number of allylic oxidation sites excluding steroid dienone is 1. The first-order chi connectivity index (χ1) is 3.41. The molecule has 0 spiro atoms. The molecule has 0 atom stereocenters. The van der Waals surface area contributed by atoms with Gasteiger partial charge in [-0.3, -0.25) is 0 Å². The lowest BCUT2D eigenvalue weighted by molar-refractivity contribution is 0.281. The van der Waals surface area contributed by atoms with Gasteiger partial charge in [-0.1, -0.05) is 19.1 Å². The molecule has 0 N–H and O–H groups in total. The molecule has 0 aliphatic carbocycles. The molecule has 0 bridgehead atoms. The van der Waals surface area contributed by atoms with Crippen molar-refractivity contribution in [3.05, 3.63) is 19.3 Å². The highest BCUT2D eigenvalue weighted by molar-refractivity contribution is 4.79. The molecule has 0 saturated heterocycles. The fourth-order valence-electron chi connectivity index (χ4n) is 0.303. The molecule has 0 aromatic heterocycles. The van der Waals surface area contributed by atoms with Gasteiger partial charge in [0.05, 0.1) is 13.7 Å². The molecule has 7 heavy (non-hydrogen) atoms. The van der Waals surface area contributed by atoms with Gasteiger partial charge in [0.25, 0.3) is 0 Å². The van der Waals surface area contributed by atoms with Gasteiger partial charge in [0.15, 0.2) is 0 Å². The quantitative estimate of drug-likeness (QED) is 0.490. The molecule has 1 nitrogen and oxygen atoms in total. The highest BCUT2D eigenvalue weighted by Gasteiger charge is 1.66. The van der Waals surface area contributed by atoms with Gasteiger partial charge in [0.1, 0.15) is 0 Å². The van der Waals surface area contributed by atoms with Gasteiger partial charge < -0.3 is 4.74 Å². The second-order valence-electron chi connectivity index (χ2n) is 1.25. The van der Waals surface area contributed by atoms with Gasteiger partial charge in [0, 0.05) is 0 Å². The molecule has 0 rings (SSSR count). The van der Waals surface area contributed by atoms with Gasteiger partial charge in [-0.2, -0.15) is 0 Å². The number of hydrogen-bond acceptors (Lipinski definition) is 1. The smallest absolute Gasteiger partial charge is 0.0704 e. The lowest BCUT2D eigenvalue weighted by Crippen LogP contribution is -1.75. The van der Waals surface area contributed by atoms with Crippen LogP contribution in [0.2, 0.25) is 0 Å². The van der Waals surface area contributed by atoms with E-state index in [2.05, 4.69) is 18.8 Å². The van der Waals surface area contributed by atoms with E-state index < -0.39 is 0 Å². The van der Waals surface area contributed by atoms with E-state index in [1.807, 2.05) is 12.2 Å². The minimum atomic E-state index is 0.633. The predicted molar refractivity (Wildman–Crippen MR) is 30.7 cm³/mol. The van der Waals surface area contributed by atoms with Crippen LogP contribution in [-0.2, 0) is 4.74 Å². The predicted octanol–water partition coefficient (Wildman–Crippen LogP) is 1.76. The molecule has 0 aromatic rings. The molecule has 0 aliphatic rings. The maximum absolute atomic E-state index is 4.51. The second kappa shape index (κ2) is 5.70. The van der Waals surface area contributed by atoms with E-state index in [1.54, 1.807) is 0 Å². The fraction of sp³-hybridized carbons (Fsp3) is 0.500. The monoisotopic (exact) mass is 99.1 g/mol. The Kier molecular flexibility index (Phi) is 5.46. The van der Waals surface area contributed by atoms with Crippen molar-refractivity contribution in [2.24, 2.45) is 0 Å². The molecule has 0 unspecified atom stereocenters. The molecule has 1 radical (unpaired) electrons. The average molecular weight is 99.2 g/mol. The van der Waals surface area contributed by atoms with Gasteiger partial charge in [0.2, 0.25) is 0 Å². The standard InChI is InChI=1S/C6H11O/c1-3-4-5-6-7-2/h4-5H,2-3,6H2,1H3/b5-4-. The minimum absolute atomic E-state index is 0.633. The SMILES string of the molecule is [CH2]OC/C=C\CC. The molecule has 0 fully saturated rings. The summed E-state index contributed by atoms with van der Waals surface area (Å²) >= 11 is 0. The van der Waals surface area contributed by atoms with Crippen LogP contribution in [0.25, 0.3) is 0 Å². The topological polar surface area (TPSA) is 9.23 Å². The Hall–Kier alpha value is -0.300. The van der Waals surface area contributed by atoms with E-state index >= 15 is 0 Å². The third-order valence-electron chi connectivity index (χ3n) is 0.616. The Balaban J connectivity index is 2.78. The van der Waals surface area contributed by atoms with E-state index in [1.165, 1.54) is 0 Å². The second-order valence-corrected chi connectivity index (χ2v) is 1.25. The summed E-state index contributed by atoms with van der Waals surface area (Å²) in [4.78, 5) is 0. The van der Waals surface area contributed by atoms with Crippen molar-refractivity contribution in [3.8, 4) is 0 Å². The maximum Gasteiger partial charge on any atom is 0.0704 e. The lowest BCUT2D eigenvalue weighted by atomic mass is 10.4. The zero-order valence-electron chi connectivity index (χ0n) is 4.68. The van der Waals surface area contributed by atoms with Crippen LogP contribution in [0.4, 0.5) is 0 Å². The van der Waals surface area contributed by atoms with Crippen molar-refractivity contribution in [3.63, 3.8) is 0 Å². The van der Waals surface area contributed by atoms with E-state index in [4.69, 9.17) is 0 Å². The van der Waals surface area contributed by atoms with Crippen LogP contribution in [0, 0.1) is 7.11 Å². The van der Waals surface area contributed by atoms with Crippen molar-refractivity contribution < 1.29 is 4.74 Å². The fourth-order valence-corrected chi connectivity index (χ4v) is 0.303. The molecular weight excluding hydrogens is 88.1 g/mol. The maximum atomic E-state index is 4.51. The summed E-state index contributed by atoms with van der Waals surface area (Å²) in [6.45, 7) is 2.72. The van der Waals surface area contributed by atoms with Gasteiger partial charge in [-0.25, -0.2) is 0 Å². The van der Waals surface area contributed by atoms with Crippen molar-refractivity contribution in [2.75, 3.05) is 6.61 Å². The van der Waals surface area contributed by atoms with Crippen molar-refractivity contribution in [1.29, 1.82) is 0 Å². The third-order valence-corrected chi connectivity index (χ3v) is 0.616. The van der Waals surface area contributed by atoms with Crippen LogP contribution in [0.3, 0.4) is 0 Å². The number of rotatable bonds is 3. The van der Waals surface area contributed by atoms with Crippen LogP contribution < -0.4 is 0 Å². The Bertz CT molecular complexity index is 48.1. The van der Waals surface area contributed by atoms with E-state index in [0.29, 0.717) is 6.61 Å².